The van der Waals surface area contributed by atoms with E-state index in [9.17, 15) is 8.42 Å². The summed E-state index contributed by atoms with van der Waals surface area (Å²) in [4.78, 5) is 0. The second-order valence-electron chi connectivity index (χ2n) is 5.27. The van der Waals surface area contributed by atoms with Gasteiger partial charge in [-0.15, -0.1) is 11.3 Å². The highest BCUT2D eigenvalue weighted by molar-refractivity contribution is 7.91. The van der Waals surface area contributed by atoms with E-state index >= 15 is 0 Å². The Bertz CT molecular complexity index is 512. The van der Waals surface area contributed by atoms with Crippen molar-refractivity contribution in [3.63, 3.8) is 0 Å². The van der Waals surface area contributed by atoms with Gasteiger partial charge < -0.3 is 5.73 Å². The van der Waals surface area contributed by atoms with Gasteiger partial charge in [0.2, 0.25) is 0 Å². The second kappa shape index (κ2) is 4.59. The van der Waals surface area contributed by atoms with Crippen molar-refractivity contribution in [3.8, 4) is 0 Å². The Labute approximate surface area is 112 Å². The smallest absolute Gasteiger partial charge is 0.252 e. The molecule has 1 aromatic rings. The molecule has 1 aliphatic heterocycles. The Hall–Kier alpha value is -0.430. The van der Waals surface area contributed by atoms with E-state index in [0.717, 1.165) is 19.3 Å². The molecule has 1 saturated carbocycles. The summed E-state index contributed by atoms with van der Waals surface area (Å²) >= 11 is 1.29. The molecule has 0 amide bonds. The van der Waals surface area contributed by atoms with Crippen LogP contribution in [0, 0.1) is 11.8 Å². The van der Waals surface area contributed by atoms with E-state index in [0.29, 0.717) is 29.1 Å². The second-order valence-corrected chi connectivity index (χ2v) is 8.39. The Balaban J connectivity index is 1.83. The normalized spacial score (nSPS) is 33.5. The third-order valence-electron chi connectivity index (χ3n) is 4.21. The fraction of sp³-hybridized carbons (Fsp3) is 0.667. The van der Waals surface area contributed by atoms with Crippen molar-refractivity contribution < 1.29 is 8.42 Å². The van der Waals surface area contributed by atoms with Gasteiger partial charge in [-0.2, -0.15) is 4.31 Å². The zero-order valence-corrected chi connectivity index (χ0v) is 11.8. The van der Waals surface area contributed by atoms with Crippen LogP contribution in [-0.4, -0.2) is 31.9 Å². The predicted octanol–water partition coefficient (Wildman–Crippen LogP) is 1.50. The first-order chi connectivity index (χ1) is 8.59. The summed E-state index contributed by atoms with van der Waals surface area (Å²) in [5.74, 6) is 0.817. The molecule has 2 fully saturated rings. The molecule has 0 spiro atoms. The van der Waals surface area contributed by atoms with Crippen molar-refractivity contribution in [1.82, 2.24) is 4.31 Å². The number of hydrogen-bond acceptors (Lipinski definition) is 4. The molecule has 18 heavy (non-hydrogen) atoms. The van der Waals surface area contributed by atoms with Crippen LogP contribution in [0.4, 0.5) is 0 Å². The van der Waals surface area contributed by atoms with E-state index in [-0.39, 0.29) is 6.04 Å². The van der Waals surface area contributed by atoms with Crippen LogP contribution in [0.5, 0.6) is 0 Å². The van der Waals surface area contributed by atoms with Crippen LogP contribution in [0.2, 0.25) is 0 Å². The Morgan fingerprint density at radius 3 is 2.83 bits per heavy atom. The summed E-state index contributed by atoms with van der Waals surface area (Å²) in [6.45, 7) is 1.25. The van der Waals surface area contributed by atoms with Crippen molar-refractivity contribution in [3.05, 3.63) is 17.5 Å². The van der Waals surface area contributed by atoms with E-state index in [4.69, 9.17) is 5.73 Å². The van der Waals surface area contributed by atoms with Crippen LogP contribution in [-0.2, 0) is 10.0 Å². The number of nitrogens with zero attached hydrogens (tertiary/aromatic N) is 1. The van der Waals surface area contributed by atoms with E-state index in [1.54, 1.807) is 16.4 Å². The van der Waals surface area contributed by atoms with Crippen LogP contribution >= 0.6 is 11.3 Å². The van der Waals surface area contributed by atoms with Gasteiger partial charge in [0.1, 0.15) is 4.21 Å². The quantitative estimate of drug-likeness (QED) is 0.896. The molecule has 100 valence electrons. The van der Waals surface area contributed by atoms with Crippen LogP contribution in [0.1, 0.15) is 19.3 Å². The van der Waals surface area contributed by atoms with Crippen molar-refractivity contribution in [2.24, 2.45) is 17.6 Å². The minimum absolute atomic E-state index is 0.173. The summed E-state index contributed by atoms with van der Waals surface area (Å²) in [5.41, 5.74) is 6.13. The fourth-order valence-electron chi connectivity index (χ4n) is 3.21. The maximum absolute atomic E-state index is 12.4. The maximum atomic E-state index is 12.4. The minimum Gasteiger partial charge on any atom is -0.327 e. The molecule has 1 aromatic heterocycles. The first-order valence-corrected chi connectivity index (χ1v) is 8.70. The lowest BCUT2D eigenvalue weighted by molar-refractivity contribution is 0.260. The molecule has 3 unspecified atom stereocenters. The number of thiophene rings is 1. The molecule has 2 heterocycles. The van der Waals surface area contributed by atoms with Gasteiger partial charge in [-0.05, 0) is 36.1 Å². The van der Waals surface area contributed by atoms with Gasteiger partial charge >= 0.3 is 0 Å². The third kappa shape index (κ3) is 2.01. The zero-order chi connectivity index (χ0) is 12.8. The van der Waals surface area contributed by atoms with Gasteiger partial charge in [-0.1, -0.05) is 12.5 Å². The molecule has 2 N–H and O–H groups in total. The lowest BCUT2D eigenvalue weighted by Gasteiger charge is -2.29. The van der Waals surface area contributed by atoms with Crippen molar-refractivity contribution in [2.75, 3.05) is 13.1 Å². The van der Waals surface area contributed by atoms with Crippen LogP contribution < -0.4 is 5.73 Å². The van der Waals surface area contributed by atoms with Crippen molar-refractivity contribution in [1.29, 1.82) is 0 Å². The molecule has 2 aliphatic rings. The summed E-state index contributed by atoms with van der Waals surface area (Å²) in [5, 5.41) is 1.81. The molecule has 6 heteroatoms. The summed E-state index contributed by atoms with van der Waals surface area (Å²) in [6, 6.07) is 3.64. The number of nitrogens with two attached hydrogens (primary N) is 1. The first-order valence-electron chi connectivity index (χ1n) is 6.38. The molecular formula is C12H18N2O2S2. The lowest BCUT2D eigenvalue weighted by atomic mass is 9.78. The molecule has 4 nitrogen and oxygen atoms in total. The summed E-state index contributed by atoms with van der Waals surface area (Å²) in [6.07, 6.45) is 3.29. The highest BCUT2D eigenvalue weighted by Crippen LogP contribution is 2.38. The molecular weight excluding hydrogens is 268 g/mol. The average Bonchev–Trinajstić information content (AvgIpc) is 2.99. The Kier molecular flexibility index (Phi) is 3.21. The Morgan fingerprint density at radius 1 is 1.33 bits per heavy atom. The standard InChI is InChI=1S/C12H18N2O2S2/c13-11-4-1-3-9-7-14(8-10(9)11)18(15,16)12-5-2-6-17-12/h2,5-6,9-11H,1,3-4,7-8,13H2. The van der Waals surface area contributed by atoms with Crippen LogP contribution in [0.3, 0.4) is 0 Å². The van der Waals surface area contributed by atoms with E-state index in [1.165, 1.54) is 11.3 Å². The van der Waals surface area contributed by atoms with Gasteiger partial charge in [0.25, 0.3) is 10.0 Å². The minimum atomic E-state index is -3.28. The molecule has 0 radical (unpaired) electrons. The molecule has 1 saturated heterocycles. The topological polar surface area (TPSA) is 63.4 Å². The van der Waals surface area contributed by atoms with E-state index in [2.05, 4.69) is 0 Å². The van der Waals surface area contributed by atoms with Gasteiger partial charge in [0, 0.05) is 19.1 Å². The molecule has 3 atom stereocenters. The maximum Gasteiger partial charge on any atom is 0.252 e. The number of hydrogen-bond donors (Lipinski definition) is 1. The first kappa shape index (κ1) is 12.6. The summed E-state index contributed by atoms with van der Waals surface area (Å²) < 4.78 is 27.0. The van der Waals surface area contributed by atoms with Crippen LogP contribution in [0.15, 0.2) is 21.7 Å². The summed E-state index contributed by atoms with van der Waals surface area (Å²) in [7, 11) is -3.28. The molecule has 0 bridgehead atoms. The number of rotatable bonds is 2. The number of fused-ring (bicyclic) bond motifs is 1. The van der Waals surface area contributed by atoms with E-state index in [1.807, 2.05) is 5.38 Å². The highest BCUT2D eigenvalue weighted by Gasteiger charge is 2.43. The number of sulfonamides is 1. The lowest BCUT2D eigenvalue weighted by Crippen LogP contribution is -2.38. The van der Waals surface area contributed by atoms with E-state index < -0.39 is 10.0 Å². The van der Waals surface area contributed by atoms with Gasteiger partial charge in [-0.25, -0.2) is 8.42 Å². The van der Waals surface area contributed by atoms with Gasteiger partial charge in [0.15, 0.2) is 0 Å². The third-order valence-corrected chi connectivity index (χ3v) is 7.41. The predicted molar refractivity (Wildman–Crippen MR) is 71.9 cm³/mol. The molecule has 0 aromatic carbocycles. The van der Waals surface area contributed by atoms with Crippen LogP contribution in [0.25, 0.3) is 0 Å². The average molecular weight is 286 g/mol. The van der Waals surface area contributed by atoms with Gasteiger partial charge in [-0.3, -0.25) is 0 Å². The zero-order valence-electron chi connectivity index (χ0n) is 10.2. The largest absolute Gasteiger partial charge is 0.327 e. The van der Waals surface area contributed by atoms with Gasteiger partial charge in [0.05, 0.1) is 0 Å². The molecule has 1 aliphatic carbocycles. The monoisotopic (exact) mass is 286 g/mol. The molecule has 3 rings (SSSR count). The van der Waals surface area contributed by atoms with Crippen molar-refractivity contribution >= 4 is 21.4 Å². The Morgan fingerprint density at radius 2 is 2.17 bits per heavy atom. The SMILES string of the molecule is NC1CCCC2CN(S(=O)(=O)c3cccs3)CC12. The van der Waals surface area contributed by atoms with Crippen molar-refractivity contribution in [2.45, 2.75) is 29.5 Å². The fourth-order valence-corrected chi connectivity index (χ4v) is 5.89. The highest BCUT2D eigenvalue weighted by atomic mass is 32.2.